The third-order valence-electron chi connectivity index (χ3n) is 19.6. The van der Waals surface area contributed by atoms with Gasteiger partial charge in [0.15, 0.2) is 0 Å². The van der Waals surface area contributed by atoms with E-state index in [0.29, 0.717) is 49.5 Å². The van der Waals surface area contributed by atoms with Gasteiger partial charge in [0.1, 0.15) is 41.8 Å². The second-order valence-electron chi connectivity index (χ2n) is 27.4. The first-order chi connectivity index (χ1) is 45.5. The van der Waals surface area contributed by atoms with Crippen molar-refractivity contribution in [1.82, 2.24) is 55.1 Å². The number of likely N-dealkylation sites (N-methyl/N-ethyl adjacent to an activating group) is 7. The number of nitrogens with one attached hydrogen (secondary N) is 3. The number of carbonyl (C=O) groups excluding carboxylic acids is 11. The van der Waals surface area contributed by atoms with Crippen molar-refractivity contribution < 1.29 is 87.9 Å². The Bertz CT molecular complexity index is 3280. The smallest absolute Gasteiger partial charge is 0.343 e. The summed E-state index contributed by atoms with van der Waals surface area (Å²) in [5.74, 6) is -14.5. The Hall–Kier alpha value is -7.66. The van der Waals surface area contributed by atoms with Gasteiger partial charge in [-0.05, 0) is 111 Å². The van der Waals surface area contributed by atoms with E-state index in [-0.39, 0.29) is 49.1 Å². The minimum Gasteiger partial charge on any atom is -0.343 e. The van der Waals surface area contributed by atoms with Crippen LogP contribution in [0.3, 0.4) is 0 Å². The molecule has 0 aromatic heterocycles. The van der Waals surface area contributed by atoms with Gasteiger partial charge in [-0.3, -0.25) is 52.7 Å². The van der Waals surface area contributed by atoms with Gasteiger partial charge >= 0.3 is 12.4 Å². The molecule has 2 aromatic rings. The van der Waals surface area contributed by atoms with E-state index >= 15 is 13.6 Å². The molecule has 8 atom stereocenters. The number of nitrogens with zero attached hydrogens (tertiary/aromatic N) is 8. The normalized spacial score (nSPS) is 25.7. The molecule has 2 aliphatic carbocycles. The number of halogens is 9. The lowest BCUT2D eigenvalue weighted by molar-refractivity contribution is -0.155. The zero-order chi connectivity index (χ0) is 73.4. The zero-order valence-corrected chi connectivity index (χ0v) is 58.3. The van der Waals surface area contributed by atoms with Crippen LogP contribution in [0, 0.1) is 17.8 Å². The Labute approximate surface area is 571 Å². The highest BCUT2D eigenvalue weighted by Gasteiger charge is 2.56. The van der Waals surface area contributed by atoms with E-state index in [1.165, 1.54) is 49.9 Å². The van der Waals surface area contributed by atoms with Gasteiger partial charge < -0.3 is 55.1 Å². The first-order valence-corrected chi connectivity index (χ1v) is 33.3. The minimum absolute atomic E-state index is 0.0157. The van der Waals surface area contributed by atoms with Crippen LogP contribution in [-0.4, -0.2) is 233 Å². The van der Waals surface area contributed by atoms with Gasteiger partial charge in [-0.1, -0.05) is 76.8 Å². The van der Waals surface area contributed by atoms with Crippen LogP contribution < -0.4 is 16.0 Å². The summed E-state index contributed by atoms with van der Waals surface area (Å²) >= 11 is 6.04. The van der Waals surface area contributed by atoms with Gasteiger partial charge in [-0.15, -0.1) is 0 Å². The fraction of sp³-hybridized carbons (Fsp3) is 0.657. The van der Waals surface area contributed by atoms with E-state index < -0.39 is 205 Å². The molecule has 31 heteroatoms. The summed E-state index contributed by atoms with van der Waals surface area (Å²) in [5, 5.41) is 7.17. The molecule has 11 amide bonds. The number of alkyl halides is 8. The standard InChI is InChI=1S/C67H92ClF8N11O11/c1-13-39(4)55-61(96)82(8)35-53(90)80(6)36-54(91)85(11)49(32-42-19-23-44(24-20-42)66(71,72)73)60(95)81(7)34-51(88)77-47(26-22-41-21-25-45(46(68)31-41)67(74,75)76)59(94)87-37-65(69,70)33-50(87)58(93)79-64(27-16-28-64)63(98)86(12)56(43-17-14-15-18-43)62(97)83(9)40(5)30-52(89)84(10)48(29-38(2)3)57(92)78-55/h19-21,23-25,31,38-40,43,47-50,55-56H,13-18,22,26-30,32-37H2,1-12H3,(H,77,88)(H,78,92)(H,79,93)/t39-,40+,47-,48-,49-,50?,55-,56-/m0/s1. The van der Waals surface area contributed by atoms with Crippen molar-refractivity contribution >= 4 is 76.6 Å². The number of benzene rings is 2. The molecule has 22 nitrogen and oxygen atoms in total. The fourth-order valence-corrected chi connectivity index (χ4v) is 13.4. The van der Waals surface area contributed by atoms with Crippen LogP contribution in [0.1, 0.15) is 134 Å². The van der Waals surface area contributed by atoms with Gasteiger partial charge in [-0.2, -0.15) is 26.3 Å². The summed E-state index contributed by atoms with van der Waals surface area (Å²) in [6.07, 6.45) is -9.36. The quantitative estimate of drug-likeness (QED) is 0.226. The van der Waals surface area contributed by atoms with Crippen molar-refractivity contribution in [2.75, 3.05) is 75.5 Å². The van der Waals surface area contributed by atoms with E-state index in [0.717, 1.165) is 70.1 Å². The maximum atomic E-state index is 15.9. The van der Waals surface area contributed by atoms with Gasteiger partial charge in [0.2, 0.25) is 65.0 Å². The molecule has 2 saturated heterocycles. The number of rotatable bonds is 10. The second-order valence-corrected chi connectivity index (χ2v) is 27.8. The molecule has 4 aliphatic rings. The molecule has 4 fully saturated rings. The van der Waals surface area contributed by atoms with Crippen LogP contribution in [0.25, 0.3) is 0 Å². The molecule has 1 unspecified atom stereocenters. The topological polar surface area (TPSA) is 250 Å². The lowest BCUT2D eigenvalue weighted by Crippen LogP contribution is -2.68. The number of fused-ring (bicyclic) bond motifs is 1. The van der Waals surface area contributed by atoms with Crippen molar-refractivity contribution in [1.29, 1.82) is 0 Å². The molecule has 2 saturated carbocycles. The number of carbonyl (C=O) groups is 11. The van der Waals surface area contributed by atoms with E-state index in [2.05, 4.69) is 16.0 Å². The SMILES string of the molecule is CC[C@H](C)[C@@H]1NC(=O)[C@H](CC(C)C)N(C)C(=O)C[C@@H](C)N(C)C(=O)[C@H](C2CCCC2)N(C)C(=O)C2(CCC2)NC(=O)C2CC(F)(F)CN2C(=O)[C@H](CCc2ccc(C(F)(F)F)c(Cl)c2)NC(=O)CN(C)C(=O)[C@H](Cc2ccc(C(F)(F)F)cc2)N(C)C(=O)CN(C)C(=O)CN(C)C1=O. The van der Waals surface area contributed by atoms with E-state index in [1.807, 2.05) is 13.8 Å². The average Bonchev–Trinajstić information content (AvgIpc) is 1.76. The Balaban J connectivity index is 1.42. The fourth-order valence-electron chi connectivity index (χ4n) is 13.1. The maximum absolute atomic E-state index is 15.9. The highest BCUT2D eigenvalue weighted by atomic mass is 35.5. The number of hydrogen-bond acceptors (Lipinski definition) is 11. The number of amides is 11. The van der Waals surface area contributed by atoms with Crippen LogP contribution in [0.5, 0.6) is 0 Å². The molecule has 2 aliphatic heterocycles. The van der Waals surface area contributed by atoms with Crippen molar-refractivity contribution in [3.05, 3.63) is 69.7 Å². The molecular formula is C67H92ClF8N11O11. The maximum Gasteiger partial charge on any atom is 0.417 e. The molecule has 2 heterocycles. The van der Waals surface area contributed by atoms with Crippen LogP contribution >= 0.6 is 11.6 Å². The minimum atomic E-state index is -4.87. The highest BCUT2D eigenvalue weighted by Crippen LogP contribution is 2.40. The van der Waals surface area contributed by atoms with Crippen LogP contribution in [0.4, 0.5) is 35.1 Å². The van der Waals surface area contributed by atoms with Crippen LogP contribution in [0.15, 0.2) is 42.5 Å². The lowest BCUT2D eigenvalue weighted by atomic mass is 9.74. The molecule has 0 radical (unpaired) electrons. The summed E-state index contributed by atoms with van der Waals surface area (Å²) in [7, 11) is 9.04. The van der Waals surface area contributed by atoms with Crippen molar-refractivity contribution in [2.45, 2.75) is 191 Å². The van der Waals surface area contributed by atoms with Crippen molar-refractivity contribution in [3.8, 4) is 0 Å². The van der Waals surface area contributed by atoms with E-state index in [4.69, 9.17) is 11.6 Å². The summed E-state index contributed by atoms with van der Waals surface area (Å²) in [6, 6.07) is -3.72. The highest BCUT2D eigenvalue weighted by molar-refractivity contribution is 6.31. The lowest BCUT2D eigenvalue weighted by Gasteiger charge is -2.46. The molecule has 544 valence electrons. The summed E-state index contributed by atoms with van der Waals surface area (Å²) in [4.78, 5) is 168. The molecule has 98 heavy (non-hydrogen) atoms. The van der Waals surface area contributed by atoms with Crippen molar-refractivity contribution in [2.24, 2.45) is 17.8 Å². The predicted molar refractivity (Wildman–Crippen MR) is 344 cm³/mol. The molecule has 0 bridgehead atoms. The Morgan fingerprint density at radius 1 is 0.633 bits per heavy atom. The average molecular weight is 1410 g/mol. The summed E-state index contributed by atoms with van der Waals surface area (Å²) in [6.45, 7) is 4.97. The molecule has 1 spiro atoms. The van der Waals surface area contributed by atoms with Gasteiger partial charge in [-0.25, -0.2) is 8.78 Å². The summed E-state index contributed by atoms with van der Waals surface area (Å²) < 4.78 is 114. The van der Waals surface area contributed by atoms with Gasteiger partial charge in [0.05, 0.1) is 42.3 Å². The molecule has 6 rings (SSSR count). The zero-order valence-electron chi connectivity index (χ0n) is 57.5. The third kappa shape index (κ3) is 19.4. The Morgan fingerprint density at radius 3 is 1.77 bits per heavy atom. The monoisotopic (exact) mass is 1410 g/mol. The molecular weight excluding hydrogens is 1320 g/mol. The van der Waals surface area contributed by atoms with Crippen LogP contribution in [0.2, 0.25) is 5.02 Å². The first kappa shape index (κ1) is 79.3. The Morgan fingerprint density at radius 2 is 1.21 bits per heavy atom. The van der Waals surface area contributed by atoms with Gasteiger partial charge in [0, 0.05) is 74.6 Å². The van der Waals surface area contributed by atoms with E-state index in [9.17, 15) is 74.3 Å². The largest absolute Gasteiger partial charge is 0.417 e. The summed E-state index contributed by atoms with van der Waals surface area (Å²) in [5.41, 5.74) is -3.86. The predicted octanol–water partition coefficient (Wildman–Crippen LogP) is 6.19. The van der Waals surface area contributed by atoms with Crippen molar-refractivity contribution in [3.63, 3.8) is 0 Å². The van der Waals surface area contributed by atoms with Gasteiger partial charge in [0.25, 0.3) is 5.92 Å². The number of hydrogen-bond donors (Lipinski definition) is 3. The first-order valence-electron chi connectivity index (χ1n) is 32.9. The molecule has 2 aromatic carbocycles. The van der Waals surface area contributed by atoms with Crippen LogP contribution in [-0.2, 0) is 77.9 Å². The second kappa shape index (κ2) is 32.6. The third-order valence-corrected chi connectivity index (χ3v) is 20.0. The Kier molecular flexibility index (Phi) is 26.4. The number of aryl methyl sites for hydroxylation is 1. The molecule has 3 N–H and O–H groups in total. The van der Waals surface area contributed by atoms with E-state index in [1.54, 1.807) is 20.8 Å².